The Kier molecular flexibility index (Phi) is 6.51. The number of halogens is 1. The van der Waals surface area contributed by atoms with Crippen LogP contribution in [-0.4, -0.2) is 26.8 Å². The lowest BCUT2D eigenvalue weighted by atomic mass is 10.2. The number of carbonyl (C=O) groups excluding carboxylic acids is 2. The maximum absolute atomic E-state index is 13.1. The predicted octanol–water partition coefficient (Wildman–Crippen LogP) is 2.63. The van der Waals surface area contributed by atoms with Gasteiger partial charge in [-0.15, -0.1) is 0 Å². The van der Waals surface area contributed by atoms with Gasteiger partial charge in [-0.05, 0) is 60.7 Å². The van der Waals surface area contributed by atoms with E-state index in [-0.39, 0.29) is 28.4 Å². The number of benzene rings is 3. The quantitative estimate of drug-likeness (QED) is 0.493. The molecular formula is C21H18FN3O5S. The molecule has 160 valence electrons. The first-order valence-electron chi connectivity index (χ1n) is 8.96. The number of sulfonamides is 1. The van der Waals surface area contributed by atoms with Crippen LogP contribution in [0.15, 0.2) is 77.7 Å². The van der Waals surface area contributed by atoms with E-state index in [1.807, 2.05) is 0 Å². The highest BCUT2D eigenvalue weighted by Crippen LogP contribution is 2.31. The SMILES string of the molecule is NC(=O)CNC(=O)c1ccc(S(=O)(=O)Nc2ccccc2Oc2ccc(F)cc2)cc1. The average molecular weight is 443 g/mol. The fraction of sp³-hybridized carbons (Fsp3) is 0.0476. The molecular weight excluding hydrogens is 425 g/mol. The Morgan fingerprint density at radius 3 is 2.23 bits per heavy atom. The number of nitrogens with two attached hydrogens (primary N) is 1. The first-order chi connectivity index (χ1) is 14.7. The highest BCUT2D eigenvalue weighted by molar-refractivity contribution is 7.92. The van der Waals surface area contributed by atoms with Crippen LogP contribution in [-0.2, 0) is 14.8 Å². The zero-order chi connectivity index (χ0) is 22.4. The molecule has 0 radical (unpaired) electrons. The van der Waals surface area contributed by atoms with E-state index in [2.05, 4.69) is 10.0 Å². The van der Waals surface area contributed by atoms with E-state index in [1.165, 1.54) is 54.6 Å². The fourth-order valence-corrected chi connectivity index (χ4v) is 3.60. The van der Waals surface area contributed by atoms with Gasteiger partial charge in [-0.1, -0.05) is 12.1 Å². The third-order valence-corrected chi connectivity index (χ3v) is 5.40. The molecule has 3 rings (SSSR count). The second-order valence-electron chi connectivity index (χ2n) is 6.33. The van der Waals surface area contributed by atoms with Gasteiger partial charge in [0.2, 0.25) is 5.91 Å². The van der Waals surface area contributed by atoms with Crippen molar-refractivity contribution in [1.29, 1.82) is 0 Å². The van der Waals surface area contributed by atoms with Gasteiger partial charge >= 0.3 is 0 Å². The second-order valence-corrected chi connectivity index (χ2v) is 8.01. The summed E-state index contributed by atoms with van der Waals surface area (Å²) in [5.74, 6) is -1.13. The number of ether oxygens (including phenoxy) is 1. The van der Waals surface area contributed by atoms with Crippen molar-refractivity contribution in [3.05, 3.63) is 84.2 Å². The topological polar surface area (TPSA) is 128 Å². The van der Waals surface area contributed by atoms with Crippen LogP contribution >= 0.6 is 0 Å². The van der Waals surface area contributed by atoms with Crippen LogP contribution in [0.2, 0.25) is 0 Å². The zero-order valence-corrected chi connectivity index (χ0v) is 16.9. The Hall–Kier alpha value is -3.92. The lowest BCUT2D eigenvalue weighted by Crippen LogP contribution is -2.33. The van der Waals surface area contributed by atoms with E-state index in [0.717, 1.165) is 0 Å². The maximum Gasteiger partial charge on any atom is 0.262 e. The third-order valence-electron chi connectivity index (χ3n) is 4.02. The number of primary amides is 1. The van der Waals surface area contributed by atoms with Gasteiger partial charge in [-0.2, -0.15) is 0 Å². The maximum atomic E-state index is 13.1. The molecule has 0 aliphatic rings. The molecule has 3 aromatic carbocycles. The molecule has 31 heavy (non-hydrogen) atoms. The molecule has 0 bridgehead atoms. The minimum absolute atomic E-state index is 0.0875. The molecule has 0 saturated carbocycles. The van der Waals surface area contributed by atoms with Crippen molar-refractivity contribution in [3.63, 3.8) is 0 Å². The van der Waals surface area contributed by atoms with E-state index < -0.39 is 27.7 Å². The van der Waals surface area contributed by atoms with Crippen molar-refractivity contribution in [1.82, 2.24) is 5.32 Å². The molecule has 2 amide bonds. The third kappa shape index (κ3) is 5.80. The molecule has 0 aromatic heterocycles. The van der Waals surface area contributed by atoms with E-state index in [9.17, 15) is 22.4 Å². The van der Waals surface area contributed by atoms with Crippen LogP contribution in [0.25, 0.3) is 0 Å². The van der Waals surface area contributed by atoms with Gasteiger partial charge in [0.15, 0.2) is 5.75 Å². The van der Waals surface area contributed by atoms with Gasteiger partial charge in [-0.3, -0.25) is 14.3 Å². The Morgan fingerprint density at radius 2 is 1.58 bits per heavy atom. The second kappa shape index (κ2) is 9.26. The van der Waals surface area contributed by atoms with Gasteiger partial charge in [0.1, 0.15) is 11.6 Å². The molecule has 0 fully saturated rings. The number of nitrogens with one attached hydrogen (secondary N) is 2. The Balaban J connectivity index is 1.77. The first kappa shape index (κ1) is 21.8. The molecule has 0 atom stereocenters. The van der Waals surface area contributed by atoms with E-state index >= 15 is 0 Å². The summed E-state index contributed by atoms with van der Waals surface area (Å²) in [5, 5.41) is 2.31. The van der Waals surface area contributed by atoms with Gasteiger partial charge in [0.25, 0.3) is 15.9 Å². The number of rotatable bonds is 8. The van der Waals surface area contributed by atoms with Crippen molar-refractivity contribution in [3.8, 4) is 11.5 Å². The Labute approximate surface area is 177 Å². The van der Waals surface area contributed by atoms with Gasteiger partial charge in [-0.25, -0.2) is 12.8 Å². The predicted molar refractivity (Wildman–Crippen MR) is 112 cm³/mol. The molecule has 4 N–H and O–H groups in total. The summed E-state index contributed by atoms with van der Waals surface area (Å²) in [7, 11) is -4.00. The zero-order valence-electron chi connectivity index (χ0n) is 16.0. The fourth-order valence-electron chi connectivity index (χ4n) is 2.53. The summed E-state index contributed by atoms with van der Waals surface area (Å²) in [6.07, 6.45) is 0. The highest BCUT2D eigenvalue weighted by atomic mass is 32.2. The molecule has 0 unspecified atom stereocenters. The number of amides is 2. The standard InChI is InChI=1S/C21H18FN3O5S/c22-15-7-9-16(10-8-15)30-19-4-2-1-3-18(19)25-31(28,29)17-11-5-14(6-12-17)21(27)24-13-20(23)26/h1-12,25H,13H2,(H2,23,26)(H,24,27). The molecule has 10 heteroatoms. The molecule has 0 aliphatic carbocycles. The van der Waals surface area contributed by atoms with Crippen molar-refractivity contribution in [2.45, 2.75) is 4.90 Å². The summed E-state index contributed by atoms with van der Waals surface area (Å²) in [5.41, 5.74) is 5.32. The monoisotopic (exact) mass is 443 g/mol. The van der Waals surface area contributed by atoms with Crippen LogP contribution in [0.5, 0.6) is 11.5 Å². The van der Waals surface area contributed by atoms with Gasteiger partial charge < -0.3 is 15.8 Å². The summed E-state index contributed by atoms with van der Waals surface area (Å²) >= 11 is 0. The van der Waals surface area contributed by atoms with Crippen molar-refractivity contribution in [2.75, 3.05) is 11.3 Å². The molecule has 0 spiro atoms. The highest BCUT2D eigenvalue weighted by Gasteiger charge is 2.18. The minimum Gasteiger partial charge on any atom is -0.455 e. The minimum atomic E-state index is -4.00. The van der Waals surface area contributed by atoms with Crippen molar-refractivity contribution < 1.29 is 27.1 Å². The normalized spacial score (nSPS) is 10.9. The summed E-state index contributed by atoms with van der Waals surface area (Å²) in [6, 6.07) is 16.8. The number of hydrogen-bond acceptors (Lipinski definition) is 5. The number of para-hydroxylation sites is 2. The lowest BCUT2D eigenvalue weighted by Gasteiger charge is -2.13. The van der Waals surface area contributed by atoms with Gasteiger partial charge in [0, 0.05) is 5.56 Å². The molecule has 8 nitrogen and oxygen atoms in total. The van der Waals surface area contributed by atoms with Crippen LogP contribution in [0.3, 0.4) is 0 Å². The number of carbonyl (C=O) groups is 2. The number of anilines is 1. The summed E-state index contributed by atoms with van der Waals surface area (Å²) < 4.78 is 46.7. The molecule has 0 aliphatic heterocycles. The van der Waals surface area contributed by atoms with Gasteiger partial charge in [0.05, 0.1) is 17.1 Å². The number of hydrogen-bond donors (Lipinski definition) is 3. The van der Waals surface area contributed by atoms with Crippen LogP contribution in [0, 0.1) is 5.82 Å². The van der Waals surface area contributed by atoms with Crippen LogP contribution in [0.1, 0.15) is 10.4 Å². The first-order valence-corrected chi connectivity index (χ1v) is 10.4. The average Bonchev–Trinajstić information content (AvgIpc) is 2.75. The Bertz CT molecular complexity index is 1200. The molecule has 0 saturated heterocycles. The van der Waals surface area contributed by atoms with E-state index in [4.69, 9.17) is 10.5 Å². The smallest absolute Gasteiger partial charge is 0.262 e. The summed E-state index contributed by atoms with van der Waals surface area (Å²) in [6.45, 7) is -0.328. The molecule has 0 heterocycles. The van der Waals surface area contributed by atoms with Crippen molar-refractivity contribution >= 4 is 27.5 Å². The van der Waals surface area contributed by atoms with Crippen molar-refractivity contribution in [2.24, 2.45) is 5.73 Å². The van der Waals surface area contributed by atoms with E-state index in [1.54, 1.807) is 18.2 Å². The molecule has 3 aromatic rings. The largest absolute Gasteiger partial charge is 0.455 e. The Morgan fingerprint density at radius 1 is 0.935 bits per heavy atom. The van der Waals surface area contributed by atoms with Crippen LogP contribution in [0.4, 0.5) is 10.1 Å². The lowest BCUT2D eigenvalue weighted by molar-refractivity contribution is -0.117. The van der Waals surface area contributed by atoms with Crippen LogP contribution < -0.4 is 20.5 Å². The van der Waals surface area contributed by atoms with E-state index in [0.29, 0.717) is 5.75 Å². The summed E-state index contributed by atoms with van der Waals surface area (Å²) in [4.78, 5) is 22.6.